The van der Waals surface area contributed by atoms with E-state index < -0.39 is 18.4 Å². The molecule has 9 nitrogen and oxygen atoms in total. The van der Waals surface area contributed by atoms with Crippen LogP contribution in [0, 0.1) is 0 Å². The first-order chi connectivity index (χ1) is 47.6. The number of carbonyl (C=O) groups is 3. The summed E-state index contributed by atoms with van der Waals surface area (Å²) in [5.74, 6) is -1.97. The van der Waals surface area contributed by atoms with Crippen molar-refractivity contribution < 1.29 is 42.9 Å². The maximum absolute atomic E-state index is 13.0. The van der Waals surface area contributed by atoms with E-state index in [1.54, 1.807) is 0 Å². The first-order valence-electron chi connectivity index (χ1n) is 42.5. The van der Waals surface area contributed by atoms with Crippen LogP contribution in [0.2, 0.25) is 0 Å². The number of carboxylic acids is 1. The van der Waals surface area contributed by atoms with E-state index in [1.807, 2.05) is 21.1 Å². The lowest BCUT2D eigenvalue weighted by atomic mass is 10.0. The van der Waals surface area contributed by atoms with Crippen molar-refractivity contribution in [1.82, 2.24) is 0 Å². The van der Waals surface area contributed by atoms with Gasteiger partial charge in [-0.05, 0) is 57.8 Å². The van der Waals surface area contributed by atoms with Crippen molar-refractivity contribution in [2.75, 3.05) is 47.5 Å². The maximum atomic E-state index is 13.0. The zero-order valence-electron chi connectivity index (χ0n) is 65.3. The second kappa shape index (κ2) is 78.7. The second-order valence-electron chi connectivity index (χ2n) is 30.1. The Balaban J connectivity index is 3.92. The van der Waals surface area contributed by atoms with Crippen LogP contribution in [0.4, 0.5) is 0 Å². The summed E-state index contributed by atoms with van der Waals surface area (Å²) in [5, 5.41) is 9.78. The molecule has 0 heterocycles. The SMILES string of the molecule is CC/C=C\C/C=C\C/C=C\C/C=C\C/C=C\CCCCCCCCCCCCCCCCCCCCCCCCCCCC(=O)OC(COC(=O)CCCCCCCCCCCCCCCCCCCCCCCCCCCCCCCCC)COC(OCC[N+](C)(C)C)C(=O)O. The number of ether oxygens (including phenoxy) is 4. The molecule has 0 amide bonds. The fourth-order valence-corrected chi connectivity index (χ4v) is 12.9. The molecule has 1 N–H and O–H groups in total. The van der Waals surface area contributed by atoms with Gasteiger partial charge in [0.2, 0.25) is 0 Å². The number of aliphatic carboxylic acids is 1. The number of quaternary nitrogens is 1. The van der Waals surface area contributed by atoms with Crippen molar-refractivity contribution in [2.24, 2.45) is 0 Å². The summed E-state index contributed by atoms with van der Waals surface area (Å²) in [6, 6.07) is 0. The lowest BCUT2D eigenvalue weighted by Gasteiger charge is -2.25. The molecular formula is C88H164NO8+. The fourth-order valence-electron chi connectivity index (χ4n) is 12.9. The van der Waals surface area contributed by atoms with Crippen LogP contribution in [0.15, 0.2) is 60.8 Å². The summed E-state index contributed by atoms with van der Waals surface area (Å²) >= 11 is 0. The monoisotopic (exact) mass is 1360 g/mol. The minimum Gasteiger partial charge on any atom is -0.477 e. The zero-order valence-corrected chi connectivity index (χ0v) is 65.3. The molecule has 0 fully saturated rings. The quantitative estimate of drug-likeness (QED) is 0.0211. The van der Waals surface area contributed by atoms with Gasteiger partial charge in [0.15, 0.2) is 6.10 Å². The average molecular weight is 1360 g/mol. The molecule has 0 aliphatic heterocycles. The van der Waals surface area contributed by atoms with Crippen LogP contribution in [0.1, 0.15) is 425 Å². The molecule has 0 aromatic heterocycles. The number of carboxylic acid groups (broad SMARTS) is 1. The van der Waals surface area contributed by atoms with Gasteiger partial charge in [-0.15, -0.1) is 0 Å². The number of unbranched alkanes of at least 4 members (excludes halogenated alkanes) is 55. The molecule has 2 unspecified atom stereocenters. The Morgan fingerprint density at radius 3 is 0.876 bits per heavy atom. The molecule has 0 rings (SSSR count). The minimum absolute atomic E-state index is 0.175. The molecule has 0 aromatic rings. The van der Waals surface area contributed by atoms with E-state index in [2.05, 4.69) is 74.6 Å². The summed E-state index contributed by atoms with van der Waals surface area (Å²) in [6.07, 6.45) is 103. The van der Waals surface area contributed by atoms with Gasteiger partial charge in [0.05, 0.1) is 34.4 Å². The zero-order chi connectivity index (χ0) is 70.4. The molecule has 0 radical (unpaired) electrons. The Morgan fingerprint density at radius 1 is 0.320 bits per heavy atom. The highest BCUT2D eigenvalue weighted by Gasteiger charge is 2.25. The average Bonchev–Trinajstić information content (AvgIpc) is 3.27. The predicted molar refractivity (Wildman–Crippen MR) is 420 cm³/mol. The van der Waals surface area contributed by atoms with Crippen molar-refractivity contribution in [3.63, 3.8) is 0 Å². The van der Waals surface area contributed by atoms with E-state index in [1.165, 1.54) is 327 Å². The van der Waals surface area contributed by atoms with Crippen molar-refractivity contribution in [3.8, 4) is 0 Å². The van der Waals surface area contributed by atoms with E-state index in [4.69, 9.17) is 18.9 Å². The van der Waals surface area contributed by atoms with Crippen LogP contribution in [0.25, 0.3) is 0 Å². The Labute approximate surface area is 603 Å². The highest BCUT2D eigenvalue weighted by Crippen LogP contribution is 2.20. The number of hydrogen-bond donors (Lipinski definition) is 1. The maximum Gasteiger partial charge on any atom is 0.361 e. The molecule has 0 aliphatic carbocycles. The highest BCUT2D eigenvalue weighted by molar-refractivity contribution is 5.71. The molecule has 9 heteroatoms. The highest BCUT2D eigenvalue weighted by atomic mass is 16.7. The van der Waals surface area contributed by atoms with Crippen molar-refractivity contribution in [1.29, 1.82) is 0 Å². The summed E-state index contributed by atoms with van der Waals surface area (Å²) in [5.41, 5.74) is 0. The third-order valence-electron chi connectivity index (χ3n) is 19.3. The first-order valence-corrected chi connectivity index (χ1v) is 42.5. The van der Waals surface area contributed by atoms with Crippen LogP contribution in [-0.4, -0.2) is 87.4 Å². The smallest absolute Gasteiger partial charge is 0.361 e. The summed E-state index contributed by atoms with van der Waals surface area (Å²) < 4.78 is 23.1. The third kappa shape index (κ3) is 80.2. The summed E-state index contributed by atoms with van der Waals surface area (Å²) in [7, 11) is 6.00. The molecule has 0 aliphatic rings. The number of esters is 2. The van der Waals surface area contributed by atoms with E-state index in [-0.39, 0.29) is 38.2 Å². The lowest BCUT2D eigenvalue weighted by molar-refractivity contribution is -0.870. The number of carbonyl (C=O) groups excluding carboxylic acids is 2. The van der Waals surface area contributed by atoms with Gasteiger partial charge in [-0.3, -0.25) is 9.59 Å². The van der Waals surface area contributed by atoms with Gasteiger partial charge in [0.25, 0.3) is 6.29 Å². The normalized spacial score (nSPS) is 12.9. The molecule has 2 atom stereocenters. The Bertz CT molecular complexity index is 1780. The second-order valence-corrected chi connectivity index (χ2v) is 30.1. The Hall–Kier alpha value is -3.01. The number of nitrogens with zero attached hydrogens (tertiary/aromatic N) is 1. The molecular weight excluding hydrogens is 1200 g/mol. The van der Waals surface area contributed by atoms with E-state index in [9.17, 15) is 19.5 Å². The number of hydrogen-bond acceptors (Lipinski definition) is 7. The van der Waals surface area contributed by atoms with Gasteiger partial charge in [-0.25, -0.2) is 4.79 Å². The van der Waals surface area contributed by atoms with Gasteiger partial charge < -0.3 is 28.5 Å². The van der Waals surface area contributed by atoms with Gasteiger partial charge in [0.1, 0.15) is 13.2 Å². The van der Waals surface area contributed by atoms with Crippen LogP contribution in [0.3, 0.4) is 0 Å². The van der Waals surface area contributed by atoms with Crippen molar-refractivity contribution in [2.45, 2.75) is 437 Å². The van der Waals surface area contributed by atoms with Gasteiger partial charge in [0, 0.05) is 12.8 Å². The van der Waals surface area contributed by atoms with Crippen LogP contribution >= 0.6 is 0 Å². The van der Waals surface area contributed by atoms with E-state index >= 15 is 0 Å². The standard InChI is InChI=1S/C88H163NO8/c1-6-8-10-12-14-16-18-20-22-24-26-28-30-32-34-36-38-39-40-41-42-43-44-45-46-47-49-51-53-55-57-59-61-63-65-67-69-71-73-75-77-79-86(91)97-84(83-96-88(87(92)93)94-81-80-89(3,4)5)82-95-85(90)78-76-74-72-70-68-66-64-62-60-58-56-54-52-50-48-37-35-33-31-29-27-25-23-21-19-17-15-13-11-9-7-2/h8,10,14,16,20,22,26,28,32,34,84,88H,6-7,9,11-13,15,17-19,21,23-25,27,29-31,33,35-83H2,1-5H3/p+1/b10-8-,16-14-,22-20-,28-26-,34-32-. The molecule has 0 bridgehead atoms. The van der Waals surface area contributed by atoms with Crippen LogP contribution in [0.5, 0.6) is 0 Å². The first kappa shape index (κ1) is 94.0. The largest absolute Gasteiger partial charge is 0.477 e. The van der Waals surface area contributed by atoms with Crippen LogP contribution in [-0.2, 0) is 33.3 Å². The molecule has 0 saturated heterocycles. The van der Waals surface area contributed by atoms with Gasteiger partial charge in [-0.1, -0.05) is 415 Å². The summed E-state index contributed by atoms with van der Waals surface area (Å²) in [6.45, 7) is 4.85. The van der Waals surface area contributed by atoms with Crippen molar-refractivity contribution in [3.05, 3.63) is 60.8 Å². The molecule has 0 spiro atoms. The lowest BCUT2D eigenvalue weighted by Crippen LogP contribution is -2.40. The molecule has 97 heavy (non-hydrogen) atoms. The third-order valence-corrected chi connectivity index (χ3v) is 19.3. The van der Waals surface area contributed by atoms with Crippen LogP contribution < -0.4 is 0 Å². The molecule has 0 saturated carbocycles. The van der Waals surface area contributed by atoms with E-state index in [0.29, 0.717) is 17.4 Å². The molecule has 568 valence electrons. The summed E-state index contributed by atoms with van der Waals surface area (Å²) in [4.78, 5) is 37.8. The van der Waals surface area contributed by atoms with Crippen molar-refractivity contribution >= 4 is 17.9 Å². The Morgan fingerprint density at radius 2 is 0.588 bits per heavy atom. The predicted octanol–water partition coefficient (Wildman–Crippen LogP) is 27.4. The van der Waals surface area contributed by atoms with E-state index in [0.717, 1.165) is 70.6 Å². The van der Waals surface area contributed by atoms with Gasteiger partial charge in [-0.2, -0.15) is 0 Å². The number of likely N-dealkylation sites (N-methyl/N-ethyl adjacent to an activating group) is 1. The minimum atomic E-state index is -1.51. The fraction of sp³-hybridized carbons (Fsp3) is 0.852. The Kier molecular flexibility index (Phi) is 76.3. The molecule has 0 aromatic carbocycles. The number of allylic oxidation sites excluding steroid dienone is 10. The topological polar surface area (TPSA) is 108 Å². The van der Waals surface area contributed by atoms with Gasteiger partial charge >= 0.3 is 17.9 Å². The number of rotatable bonds is 80.